The smallest absolute Gasteiger partial charge is 0.211 e. The number of nitrogen functional groups attached to an aromatic ring is 1. The Hall–Kier alpha value is -2.88. The number of pyridine rings is 2. The first-order chi connectivity index (χ1) is 16.1. The van der Waals surface area contributed by atoms with Crippen LogP contribution >= 0.6 is 23.4 Å². The van der Waals surface area contributed by atoms with E-state index in [1.54, 1.807) is 12.4 Å². The Labute approximate surface area is 200 Å². The SMILES string of the molecule is Nc1nccc(Sc2cnc(N3CCC4(CC3)Cc3ccncc3[C@H]4N)n3ccnc23)c1Cl. The van der Waals surface area contributed by atoms with Crippen molar-refractivity contribution in [2.45, 2.75) is 35.1 Å². The van der Waals surface area contributed by atoms with E-state index in [0.717, 1.165) is 53.7 Å². The molecule has 168 valence electrons. The van der Waals surface area contributed by atoms with Gasteiger partial charge in [-0.15, -0.1) is 0 Å². The van der Waals surface area contributed by atoms with Crippen molar-refractivity contribution < 1.29 is 0 Å². The summed E-state index contributed by atoms with van der Waals surface area (Å²) in [6, 6.07) is 4.01. The molecule has 0 radical (unpaired) electrons. The Kier molecular flexibility index (Phi) is 4.93. The van der Waals surface area contributed by atoms with Gasteiger partial charge in [0.1, 0.15) is 5.82 Å². The largest absolute Gasteiger partial charge is 0.382 e. The summed E-state index contributed by atoms with van der Waals surface area (Å²) in [5.74, 6) is 1.21. The molecule has 10 heteroatoms. The summed E-state index contributed by atoms with van der Waals surface area (Å²) in [7, 11) is 0. The van der Waals surface area contributed by atoms with Crippen LogP contribution < -0.4 is 16.4 Å². The van der Waals surface area contributed by atoms with Crippen LogP contribution in [0.25, 0.3) is 5.65 Å². The van der Waals surface area contributed by atoms with Crippen molar-refractivity contribution in [1.29, 1.82) is 0 Å². The van der Waals surface area contributed by atoms with Gasteiger partial charge in [-0.25, -0.2) is 15.0 Å². The molecule has 1 aliphatic carbocycles. The van der Waals surface area contributed by atoms with Crippen LogP contribution in [-0.2, 0) is 6.42 Å². The number of rotatable bonds is 3. The van der Waals surface area contributed by atoms with E-state index in [1.165, 1.54) is 22.9 Å². The minimum atomic E-state index is 0.0425. The predicted octanol–water partition coefficient (Wildman–Crippen LogP) is 3.75. The van der Waals surface area contributed by atoms with Crippen molar-refractivity contribution in [2.24, 2.45) is 11.1 Å². The molecule has 1 saturated heterocycles. The fraction of sp³-hybridized carbons (Fsp3) is 0.304. The lowest BCUT2D eigenvalue weighted by molar-refractivity contribution is 0.186. The number of halogens is 1. The van der Waals surface area contributed by atoms with E-state index < -0.39 is 0 Å². The van der Waals surface area contributed by atoms with Crippen molar-refractivity contribution in [2.75, 3.05) is 23.7 Å². The van der Waals surface area contributed by atoms with Crippen molar-refractivity contribution in [1.82, 2.24) is 24.3 Å². The molecule has 1 spiro atoms. The molecule has 4 aromatic heterocycles. The highest BCUT2D eigenvalue weighted by Crippen LogP contribution is 2.50. The van der Waals surface area contributed by atoms with E-state index in [9.17, 15) is 0 Å². The van der Waals surface area contributed by atoms with Gasteiger partial charge in [-0.05, 0) is 47.9 Å². The third-order valence-corrected chi connectivity index (χ3v) is 8.58. The zero-order valence-electron chi connectivity index (χ0n) is 17.9. The van der Waals surface area contributed by atoms with Crippen LogP contribution in [0.4, 0.5) is 11.8 Å². The quantitative estimate of drug-likeness (QED) is 0.458. The standard InChI is InChI=1S/C23H23ClN8S/c24-18-16(2-6-28-20(18)26)33-17-13-30-22(32-10-7-29-21(17)32)31-8-3-23(4-9-31)11-14-1-5-27-12-15(14)19(23)25/h1-2,5-7,10,12-13,19H,3-4,8-9,11,25H2,(H2,26,28)/t19-/m1/s1. The number of anilines is 2. The van der Waals surface area contributed by atoms with Crippen LogP contribution in [0.3, 0.4) is 0 Å². The molecular formula is C23H23ClN8S. The van der Waals surface area contributed by atoms with Crippen molar-refractivity contribution in [3.8, 4) is 0 Å². The summed E-state index contributed by atoms with van der Waals surface area (Å²) in [4.78, 5) is 21.8. The normalized spacial score (nSPS) is 19.3. The van der Waals surface area contributed by atoms with Crippen LogP contribution in [0.15, 0.2) is 59.1 Å². The molecule has 0 saturated carbocycles. The molecule has 4 N–H and O–H groups in total. The third-order valence-electron chi connectivity index (χ3n) is 7.00. The molecule has 1 fully saturated rings. The van der Waals surface area contributed by atoms with Gasteiger partial charge < -0.3 is 16.4 Å². The maximum Gasteiger partial charge on any atom is 0.211 e. The number of hydrogen-bond donors (Lipinski definition) is 2. The summed E-state index contributed by atoms with van der Waals surface area (Å²) in [6.07, 6.45) is 14.1. The molecule has 0 aromatic carbocycles. The van der Waals surface area contributed by atoms with Gasteiger partial charge >= 0.3 is 0 Å². The predicted molar refractivity (Wildman–Crippen MR) is 130 cm³/mol. The van der Waals surface area contributed by atoms with E-state index in [2.05, 4.69) is 25.9 Å². The van der Waals surface area contributed by atoms with Gasteiger partial charge in [-0.3, -0.25) is 9.38 Å². The Balaban J connectivity index is 1.25. The second-order valence-corrected chi connectivity index (χ2v) is 10.2. The first-order valence-corrected chi connectivity index (χ1v) is 12.1. The Morgan fingerprint density at radius 2 is 1.88 bits per heavy atom. The summed E-state index contributed by atoms with van der Waals surface area (Å²) in [5.41, 5.74) is 16.1. The Morgan fingerprint density at radius 3 is 2.70 bits per heavy atom. The number of hydrogen-bond acceptors (Lipinski definition) is 8. The minimum absolute atomic E-state index is 0.0425. The summed E-state index contributed by atoms with van der Waals surface area (Å²) in [6.45, 7) is 1.79. The number of piperidine rings is 1. The highest BCUT2D eigenvalue weighted by molar-refractivity contribution is 7.99. The third kappa shape index (κ3) is 3.34. The van der Waals surface area contributed by atoms with Gasteiger partial charge in [-0.1, -0.05) is 23.4 Å². The molecule has 0 bridgehead atoms. The highest BCUT2D eigenvalue weighted by Gasteiger charge is 2.46. The van der Waals surface area contributed by atoms with Crippen molar-refractivity contribution in [3.63, 3.8) is 0 Å². The zero-order chi connectivity index (χ0) is 22.6. The van der Waals surface area contributed by atoms with Gasteiger partial charge in [0, 0.05) is 61.2 Å². The molecule has 8 nitrogen and oxygen atoms in total. The van der Waals surface area contributed by atoms with Gasteiger partial charge in [0.25, 0.3) is 0 Å². The molecular weight excluding hydrogens is 456 g/mol. The van der Waals surface area contributed by atoms with Gasteiger partial charge in [-0.2, -0.15) is 0 Å². The van der Waals surface area contributed by atoms with E-state index >= 15 is 0 Å². The summed E-state index contributed by atoms with van der Waals surface area (Å²) < 4.78 is 2.05. The van der Waals surface area contributed by atoms with Crippen LogP contribution in [-0.4, -0.2) is 37.4 Å². The number of nitrogens with two attached hydrogens (primary N) is 2. The number of nitrogens with zero attached hydrogens (tertiary/aromatic N) is 6. The maximum atomic E-state index is 6.71. The summed E-state index contributed by atoms with van der Waals surface area (Å²) in [5, 5.41) is 0.446. The molecule has 2 aliphatic rings. The maximum absolute atomic E-state index is 6.71. The Bertz CT molecular complexity index is 1350. The van der Waals surface area contributed by atoms with Gasteiger partial charge in [0.2, 0.25) is 5.95 Å². The van der Waals surface area contributed by atoms with Crippen LogP contribution in [0, 0.1) is 5.41 Å². The molecule has 0 amide bonds. The number of fused-ring (bicyclic) bond motifs is 2. The van der Waals surface area contributed by atoms with E-state index in [-0.39, 0.29) is 11.5 Å². The number of aromatic nitrogens is 5. The fourth-order valence-electron chi connectivity index (χ4n) is 5.16. The second kappa shape index (κ2) is 7.86. The molecule has 33 heavy (non-hydrogen) atoms. The number of imidazole rings is 1. The summed E-state index contributed by atoms with van der Waals surface area (Å²) >= 11 is 7.84. The fourth-order valence-corrected chi connectivity index (χ4v) is 6.30. The lowest BCUT2D eigenvalue weighted by Crippen LogP contribution is -2.45. The molecule has 6 rings (SSSR count). The first-order valence-electron chi connectivity index (χ1n) is 10.9. The van der Waals surface area contributed by atoms with Gasteiger partial charge in [0.15, 0.2) is 5.65 Å². The topological polar surface area (TPSA) is 111 Å². The minimum Gasteiger partial charge on any atom is -0.382 e. The van der Waals surface area contributed by atoms with Gasteiger partial charge in [0.05, 0.1) is 9.92 Å². The average Bonchev–Trinajstić information content (AvgIpc) is 3.42. The highest BCUT2D eigenvalue weighted by atomic mass is 35.5. The first kappa shape index (κ1) is 20.7. The van der Waals surface area contributed by atoms with Crippen LogP contribution in [0.2, 0.25) is 5.02 Å². The van der Waals surface area contributed by atoms with Crippen LogP contribution in [0.1, 0.15) is 30.0 Å². The van der Waals surface area contributed by atoms with E-state index in [4.69, 9.17) is 28.1 Å². The lowest BCUT2D eigenvalue weighted by atomic mass is 9.73. The van der Waals surface area contributed by atoms with E-state index in [0.29, 0.717) is 10.8 Å². The lowest BCUT2D eigenvalue weighted by Gasteiger charge is -2.42. The average molecular weight is 479 g/mol. The molecule has 1 atom stereocenters. The zero-order valence-corrected chi connectivity index (χ0v) is 19.4. The molecule has 1 aliphatic heterocycles. The monoisotopic (exact) mass is 478 g/mol. The molecule has 5 heterocycles. The van der Waals surface area contributed by atoms with Crippen molar-refractivity contribution >= 4 is 40.8 Å². The van der Waals surface area contributed by atoms with Crippen LogP contribution in [0.5, 0.6) is 0 Å². The van der Waals surface area contributed by atoms with E-state index in [1.807, 2.05) is 35.3 Å². The molecule has 4 aromatic rings. The van der Waals surface area contributed by atoms with Crippen molar-refractivity contribution in [3.05, 3.63) is 65.5 Å². The molecule has 0 unspecified atom stereocenters. The second-order valence-electron chi connectivity index (χ2n) is 8.73. The Morgan fingerprint density at radius 1 is 1.03 bits per heavy atom.